The molecule has 0 aromatic heterocycles. The van der Waals surface area contributed by atoms with E-state index in [4.69, 9.17) is 0 Å². The van der Waals surface area contributed by atoms with Gasteiger partial charge in [0.15, 0.2) is 5.78 Å². The molecule has 1 aromatic carbocycles. The van der Waals surface area contributed by atoms with Crippen LogP contribution in [-0.4, -0.2) is 18.9 Å². The normalized spacial score (nSPS) is 12.0. The Balaban J connectivity index is 2.97. The molecule has 0 aliphatic rings. The summed E-state index contributed by atoms with van der Waals surface area (Å²) < 4.78 is 18.1. The lowest BCUT2D eigenvalue weighted by Gasteiger charge is -2.13. The monoisotopic (exact) mass is 266 g/mol. The van der Waals surface area contributed by atoms with Gasteiger partial charge in [-0.3, -0.25) is 9.59 Å². The Morgan fingerprint density at radius 1 is 1.37 bits per heavy atom. The van der Waals surface area contributed by atoms with Gasteiger partial charge in [-0.05, 0) is 25.0 Å². The van der Waals surface area contributed by atoms with Crippen LogP contribution in [0.1, 0.15) is 42.1 Å². The molecule has 1 unspecified atom stereocenters. The Morgan fingerprint density at radius 3 is 2.58 bits per heavy atom. The molecule has 0 N–H and O–H groups in total. The predicted molar refractivity (Wildman–Crippen MR) is 70.5 cm³/mol. The lowest BCUT2D eigenvalue weighted by molar-refractivity contribution is -0.143. The second-order valence-electron chi connectivity index (χ2n) is 4.55. The van der Waals surface area contributed by atoms with Gasteiger partial charge in [0.05, 0.1) is 7.11 Å². The first-order chi connectivity index (χ1) is 9.01. The maximum Gasteiger partial charge on any atom is 0.316 e. The fraction of sp³-hybridized carbons (Fsp3) is 0.467. The van der Waals surface area contributed by atoms with Crippen molar-refractivity contribution in [2.75, 3.05) is 7.11 Å². The van der Waals surface area contributed by atoms with Crippen molar-refractivity contribution in [2.45, 2.75) is 33.1 Å². The van der Waals surface area contributed by atoms with E-state index < -0.39 is 17.7 Å². The third kappa shape index (κ3) is 3.88. The molecule has 4 heteroatoms. The first-order valence-electron chi connectivity index (χ1n) is 6.39. The minimum atomic E-state index is -0.841. The molecule has 104 valence electrons. The van der Waals surface area contributed by atoms with E-state index in [9.17, 15) is 14.0 Å². The molecular formula is C15H19FO3. The Bertz CT molecular complexity index is 468. The third-order valence-corrected chi connectivity index (χ3v) is 3.10. The molecule has 0 aliphatic heterocycles. The molecule has 0 amide bonds. The highest BCUT2D eigenvalue weighted by atomic mass is 19.1. The van der Waals surface area contributed by atoms with Crippen LogP contribution in [0, 0.1) is 18.7 Å². The Labute approximate surface area is 112 Å². The lowest BCUT2D eigenvalue weighted by atomic mass is 9.92. The van der Waals surface area contributed by atoms with E-state index in [0.717, 1.165) is 12.8 Å². The molecule has 0 spiro atoms. The van der Waals surface area contributed by atoms with Gasteiger partial charge >= 0.3 is 5.97 Å². The van der Waals surface area contributed by atoms with E-state index >= 15 is 0 Å². The van der Waals surface area contributed by atoms with Gasteiger partial charge in [-0.2, -0.15) is 0 Å². The van der Waals surface area contributed by atoms with Crippen molar-refractivity contribution < 1.29 is 18.7 Å². The fourth-order valence-electron chi connectivity index (χ4n) is 1.85. The number of carbonyl (C=O) groups is 2. The summed E-state index contributed by atoms with van der Waals surface area (Å²) in [5, 5.41) is 0. The number of ketones is 1. The quantitative estimate of drug-likeness (QED) is 0.451. The van der Waals surface area contributed by atoms with Crippen molar-refractivity contribution in [3.63, 3.8) is 0 Å². The lowest BCUT2D eigenvalue weighted by Crippen LogP contribution is -2.25. The summed E-state index contributed by atoms with van der Waals surface area (Å²) in [6.07, 6.45) is 2.06. The number of unbranched alkanes of at least 4 members (excludes halogenated alkanes) is 1. The highest BCUT2D eigenvalue weighted by Gasteiger charge is 2.28. The maximum absolute atomic E-state index is 13.5. The second-order valence-corrected chi connectivity index (χ2v) is 4.55. The predicted octanol–water partition coefficient (Wildman–Crippen LogP) is 3.30. The Kier molecular flexibility index (Phi) is 5.67. The molecule has 0 bridgehead atoms. The highest BCUT2D eigenvalue weighted by molar-refractivity contribution is 6.08. The number of methoxy groups -OCH3 is 1. The summed E-state index contributed by atoms with van der Waals surface area (Å²) in [6.45, 7) is 3.60. The van der Waals surface area contributed by atoms with Crippen LogP contribution in [0.4, 0.5) is 4.39 Å². The SMILES string of the molecule is CCCCC(C(=O)OC)C(=O)c1ccc(C)c(F)c1. The summed E-state index contributed by atoms with van der Waals surface area (Å²) in [6, 6.07) is 4.26. The zero-order valence-corrected chi connectivity index (χ0v) is 11.5. The summed E-state index contributed by atoms with van der Waals surface area (Å²) in [5.41, 5.74) is 0.689. The average molecular weight is 266 g/mol. The van der Waals surface area contributed by atoms with E-state index in [-0.39, 0.29) is 11.3 Å². The molecule has 0 saturated heterocycles. The zero-order valence-electron chi connectivity index (χ0n) is 11.5. The van der Waals surface area contributed by atoms with E-state index in [1.54, 1.807) is 13.0 Å². The van der Waals surface area contributed by atoms with Gasteiger partial charge in [-0.25, -0.2) is 4.39 Å². The fourth-order valence-corrected chi connectivity index (χ4v) is 1.85. The van der Waals surface area contributed by atoms with Crippen LogP contribution in [0.3, 0.4) is 0 Å². The van der Waals surface area contributed by atoms with Gasteiger partial charge in [0.1, 0.15) is 11.7 Å². The highest BCUT2D eigenvalue weighted by Crippen LogP contribution is 2.19. The Morgan fingerprint density at radius 2 is 2.05 bits per heavy atom. The summed E-state index contributed by atoms with van der Waals surface area (Å²) in [5.74, 6) is -2.21. The van der Waals surface area contributed by atoms with Crippen LogP contribution < -0.4 is 0 Å². The van der Waals surface area contributed by atoms with Gasteiger partial charge in [0.25, 0.3) is 0 Å². The molecule has 1 atom stereocenters. The van der Waals surface area contributed by atoms with Crippen molar-refractivity contribution in [1.82, 2.24) is 0 Å². The van der Waals surface area contributed by atoms with Gasteiger partial charge in [-0.1, -0.05) is 31.9 Å². The molecule has 0 saturated carbocycles. The summed E-state index contributed by atoms with van der Waals surface area (Å²) in [7, 11) is 1.25. The molecule has 1 rings (SSSR count). The standard InChI is InChI=1S/C15H19FO3/c1-4-5-6-12(15(18)19-3)14(17)11-8-7-10(2)13(16)9-11/h7-9,12H,4-6H2,1-3H3. The van der Waals surface area contributed by atoms with Crippen LogP contribution in [0.2, 0.25) is 0 Å². The number of aryl methyl sites for hydroxylation is 1. The average Bonchev–Trinajstić information content (AvgIpc) is 2.41. The molecule has 19 heavy (non-hydrogen) atoms. The van der Waals surface area contributed by atoms with Crippen LogP contribution in [0.25, 0.3) is 0 Å². The minimum absolute atomic E-state index is 0.217. The first kappa shape index (κ1) is 15.3. The molecular weight excluding hydrogens is 247 g/mol. The van der Waals surface area contributed by atoms with Gasteiger partial charge in [0.2, 0.25) is 0 Å². The third-order valence-electron chi connectivity index (χ3n) is 3.10. The van der Waals surface area contributed by atoms with Gasteiger partial charge in [0, 0.05) is 5.56 Å². The van der Waals surface area contributed by atoms with E-state index in [1.165, 1.54) is 19.2 Å². The van der Waals surface area contributed by atoms with Crippen LogP contribution >= 0.6 is 0 Å². The number of carbonyl (C=O) groups excluding carboxylic acids is 2. The number of ether oxygens (including phenoxy) is 1. The smallest absolute Gasteiger partial charge is 0.316 e. The van der Waals surface area contributed by atoms with Gasteiger partial charge in [-0.15, -0.1) is 0 Å². The topological polar surface area (TPSA) is 43.4 Å². The molecule has 1 aromatic rings. The first-order valence-corrected chi connectivity index (χ1v) is 6.39. The second kappa shape index (κ2) is 7.02. The van der Waals surface area contributed by atoms with Crippen LogP contribution in [-0.2, 0) is 9.53 Å². The largest absolute Gasteiger partial charge is 0.468 e. The number of halogens is 1. The van der Waals surface area contributed by atoms with Crippen LogP contribution in [0.15, 0.2) is 18.2 Å². The van der Waals surface area contributed by atoms with Crippen LogP contribution in [0.5, 0.6) is 0 Å². The number of hydrogen-bond acceptors (Lipinski definition) is 3. The Hall–Kier alpha value is -1.71. The number of benzene rings is 1. The summed E-state index contributed by atoms with van der Waals surface area (Å²) in [4.78, 5) is 23.9. The van der Waals surface area contributed by atoms with E-state index in [2.05, 4.69) is 4.74 Å². The number of Topliss-reactive ketones (excluding diaryl/α,β-unsaturated/α-hetero) is 1. The zero-order chi connectivity index (χ0) is 14.4. The maximum atomic E-state index is 13.5. The van der Waals surface area contributed by atoms with E-state index in [0.29, 0.717) is 12.0 Å². The molecule has 0 radical (unpaired) electrons. The van der Waals surface area contributed by atoms with E-state index in [1.807, 2.05) is 6.92 Å². The van der Waals surface area contributed by atoms with Crippen molar-refractivity contribution in [1.29, 1.82) is 0 Å². The van der Waals surface area contributed by atoms with Crippen molar-refractivity contribution >= 4 is 11.8 Å². The molecule has 0 heterocycles. The number of rotatable bonds is 6. The van der Waals surface area contributed by atoms with Crippen molar-refractivity contribution in [3.8, 4) is 0 Å². The minimum Gasteiger partial charge on any atom is -0.468 e. The van der Waals surface area contributed by atoms with Crippen molar-refractivity contribution in [2.24, 2.45) is 5.92 Å². The van der Waals surface area contributed by atoms with Gasteiger partial charge < -0.3 is 4.74 Å². The molecule has 0 fully saturated rings. The molecule has 3 nitrogen and oxygen atoms in total. The van der Waals surface area contributed by atoms with Crippen molar-refractivity contribution in [3.05, 3.63) is 35.1 Å². The molecule has 0 aliphatic carbocycles. The summed E-state index contributed by atoms with van der Waals surface area (Å²) >= 11 is 0. The number of hydrogen-bond donors (Lipinski definition) is 0. The number of esters is 1.